The Kier molecular flexibility index (Phi) is 2.84. The van der Waals surface area contributed by atoms with Crippen molar-refractivity contribution in [1.82, 2.24) is 0 Å². The van der Waals surface area contributed by atoms with E-state index in [1.807, 2.05) is 22.6 Å². The van der Waals surface area contributed by atoms with E-state index in [-0.39, 0.29) is 11.4 Å². The first-order valence-corrected chi connectivity index (χ1v) is 6.82. The monoisotopic (exact) mass is 353 g/mol. The predicted molar refractivity (Wildman–Crippen MR) is 67.7 cm³/mol. The Morgan fingerprint density at radius 1 is 1.38 bits per heavy atom. The van der Waals surface area contributed by atoms with Crippen molar-refractivity contribution in [3.05, 3.63) is 33.5 Å². The summed E-state index contributed by atoms with van der Waals surface area (Å²) in [5.74, 6) is -0.139. The number of anilines is 1. The molecule has 0 fully saturated rings. The highest BCUT2D eigenvalue weighted by molar-refractivity contribution is 14.1. The number of allylic oxidation sites excluding steroid dienone is 1. The summed E-state index contributed by atoms with van der Waals surface area (Å²) < 4.78 is 32.5. The lowest BCUT2D eigenvalue weighted by atomic mass is 10.1. The maximum absolute atomic E-state index is 11.1. The summed E-state index contributed by atoms with van der Waals surface area (Å²) in [6.07, 6.45) is 3.35. The van der Waals surface area contributed by atoms with Crippen LogP contribution in [0.15, 0.2) is 24.4 Å². The molecule has 0 bridgehead atoms. The van der Waals surface area contributed by atoms with E-state index in [4.69, 9.17) is 4.55 Å². The molecule has 1 aliphatic heterocycles. The zero-order valence-corrected chi connectivity index (χ0v) is 10.9. The maximum atomic E-state index is 11.1. The summed E-state index contributed by atoms with van der Waals surface area (Å²) in [7, 11) is -4.40. The van der Waals surface area contributed by atoms with Crippen molar-refractivity contribution in [2.24, 2.45) is 0 Å². The molecule has 0 aromatic heterocycles. The first kappa shape index (κ1) is 11.7. The lowest BCUT2D eigenvalue weighted by Gasteiger charge is -2.24. The second-order valence-corrected chi connectivity index (χ2v) is 5.72. The summed E-state index contributed by atoms with van der Waals surface area (Å²) in [6.45, 7) is 0. The molecule has 0 aliphatic carbocycles. The molecule has 86 valence electrons. The minimum atomic E-state index is -4.40. The number of fused-ring (bicyclic) bond motifs is 1. The van der Waals surface area contributed by atoms with Gasteiger partial charge in [-0.05, 0) is 40.6 Å². The molecule has 1 aromatic carbocycles. The molecule has 0 amide bonds. The quantitative estimate of drug-likeness (QED) is 0.595. The number of halogens is 1. The van der Waals surface area contributed by atoms with Crippen molar-refractivity contribution >= 4 is 38.6 Å². The third kappa shape index (κ3) is 1.89. The van der Waals surface area contributed by atoms with Gasteiger partial charge in [0.05, 0.1) is 3.57 Å². The summed E-state index contributed by atoms with van der Waals surface area (Å²) in [4.78, 5) is 0. The molecule has 1 aromatic rings. The number of phenols is 1. The summed E-state index contributed by atoms with van der Waals surface area (Å²) >= 11 is 1.89. The smallest absolute Gasteiger partial charge is 0.363 e. The fraction of sp³-hybridized carbons (Fsp3) is 0.111. The molecule has 2 rings (SSSR count). The Balaban J connectivity index is 2.70. The van der Waals surface area contributed by atoms with Gasteiger partial charge >= 0.3 is 10.3 Å². The van der Waals surface area contributed by atoms with E-state index in [2.05, 4.69) is 0 Å². The van der Waals surface area contributed by atoms with Crippen LogP contribution in [0, 0.1) is 3.57 Å². The van der Waals surface area contributed by atoms with Crippen LogP contribution in [0.3, 0.4) is 0 Å². The number of phenolic OH excluding ortho intramolecular Hbond substituents is 1. The molecule has 0 saturated heterocycles. The Morgan fingerprint density at radius 2 is 2.06 bits per heavy atom. The topological polar surface area (TPSA) is 77.8 Å². The van der Waals surface area contributed by atoms with Crippen molar-refractivity contribution < 1.29 is 18.1 Å². The summed E-state index contributed by atoms with van der Waals surface area (Å²) in [5.41, 5.74) is 0.773. The highest BCUT2D eigenvalue weighted by atomic mass is 127. The van der Waals surface area contributed by atoms with Gasteiger partial charge in [0, 0.05) is 6.20 Å². The Hall–Kier alpha value is -0.800. The number of hydrogen-bond acceptors (Lipinski definition) is 3. The molecule has 0 atom stereocenters. The minimum Gasteiger partial charge on any atom is -0.505 e. The van der Waals surface area contributed by atoms with Gasteiger partial charge in [-0.2, -0.15) is 8.42 Å². The molecule has 0 saturated carbocycles. The van der Waals surface area contributed by atoms with Crippen LogP contribution in [0.4, 0.5) is 5.69 Å². The lowest BCUT2D eigenvalue weighted by molar-refractivity contribution is 0.465. The molecule has 5 nitrogen and oxygen atoms in total. The van der Waals surface area contributed by atoms with E-state index >= 15 is 0 Å². The van der Waals surface area contributed by atoms with Crippen molar-refractivity contribution in [2.45, 2.75) is 6.42 Å². The van der Waals surface area contributed by atoms with Gasteiger partial charge in [-0.3, -0.25) is 4.55 Å². The number of hydrogen-bond donors (Lipinski definition) is 2. The Morgan fingerprint density at radius 3 is 2.69 bits per heavy atom. The molecular formula is C9H8INO4S. The summed E-state index contributed by atoms with van der Waals surface area (Å²) in [5, 5.41) is 9.82. The second kappa shape index (κ2) is 3.90. The van der Waals surface area contributed by atoms with Crippen molar-refractivity contribution in [1.29, 1.82) is 0 Å². The molecule has 2 N–H and O–H groups in total. The highest BCUT2D eigenvalue weighted by Gasteiger charge is 2.26. The standard InChI is InChI=1S/C9H8INO4S/c10-7-4-3-6-2-1-5-11(16(13,14)15)8(6)9(7)12/h1,3-5,12H,2H2,(H,13,14,15). The average Bonchev–Trinajstić information content (AvgIpc) is 2.21. The van der Waals surface area contributed by atoms with Crippen molar-refractivity contribution in [2.75, 3.05) is 4.31 Å². The van der Waals surface area contributed by atoms with Crippen LogP contribution in [0.25, 0.3) is 0 Å². The number of rotatable bonds is 1. The zero-order valence-electron chi connectivity index (χ0n) is 7.96. The van der Waals surface area contributed by atoms with Gasteiger partial charge in [0.25, 0.3) is 0 Å². The minimum absolute atomic E-state index is 0.122. The number of nitrogens with zero attached hydrogens (tertiary/aromatic N) is 1. The van der Waals surface area contributed by atoms with Gasteiger partial charge in [-0.25, -0.2) is 4.31 Å². The van der Waals surface area contributed by atoms with E-state index in [0.717, 1.165) is 0 Å². The van der Waals surface area contributed by atoms with Crippen LogP contribution in [0.1, 0.15) is 5.56 Å². The largest absolute Gasteiger partial charge is 0.505 e. The molecule has 7 heteroatoms. The van der Waals surface area contributed by atoms with Crippen molar-refractivity contribution in [3.8, 4) is 5.75 Å². The van der Waals surface area contributed by atoms with E-state index in [1.54, 1.807) is 18.2 Å². The lowest BCUT2D eigenvalue weighted by Crippen LogP contribution is -2.27. The van der Waals surface area contributed by atoms with Crippen LogP contribution < -0.4 is 4.31 Å². The molecular weight excluding hydrogens is 345 g/mol. The molecule has 0 spiro atoms. The number of aromatic hydroxyl groups is 1. The molecule has 0 unspecified atom stereocenters. The first-order valence-electron chi connectivity index (χ1n) is 4.35. The van der Waals surface area contributed by atoms with E-state index < -0.39 is 10.3 Å². The van der Waals surface area contributed by atoms with E-state index in [1.165, 1.54) is 6.20 Å². The Labute approximate surface area is 106 Å². The van der Waals surface area contributed by atoms with Gasteiger partial charge in [-0.15, -0.1) is 0 Å². The van der Waals surface area contributed by atoms with Gasteiger partial charge in [0.15, 0.2) is 5.75 Å². The molecule has 1 aliphatic rings. The second-order valence-electron chi connectivity index (χ2n) is 3.27. The number of benzene rings is 1. The molecule has 0 radical (unpaired) electrons. The maximum Gasteiger partial charge on any atom is 0.363 e. The van der Waals surface area contributed by atoms with Gasteiger partial charge in [-0.1, -0.05) is 12.1 Å². The van der Waals surface area contributed by atoms with Gasteiger partial charge < -0.3 is 5.11 Å². The van der Waals surface area contributed by atoms with Crippen LogP contribution in [-0.2, 0) is 16.7 Å². The predicted octanol–water partition coefficient (Wildman–Crippen LogP) is 1.68. The van der Waals surface area contributed by atoms with Crippen molar-refractivity contribution in [3.63, 3.8) is 0 Å². The normalized spacial score (nSPS) is 15.0. The van der Waals surface area contributed by atoms with E-state index in [9.17, 15) is 13.5 Å². The zero-order chi connectivity index (χ0) is 11.9. The van der Waals surface area contributed by atoms with Crippen LogP contribution in [-0.4, -0.2) is 18.1 Å². The van der Waals surface area contributed by atoms with E-state index in [0.29, 0.717) is 19.9 Å². The van der Waals surface area contributed by atoms with Gasteiger partial charge in [0.2, 0.25) is 0 Å². The van der Waals surface area contributed by atoms with Gasteiger partial charge in [0.1, 0.15) is 5.69 Å². The molecule has 16 heavy (non-hydrogen) atoms. The fourth-order valence-electron chi connectivity index (χ4n) is 1.55. The average molecular weight is 353 g/mol. The summed E-state index contributed by atoms with van der Waals surface area (Å²) in [6, 6.07) is 3.41. The molecule has 1 heterocycles. The third-order valence-electron chi connectivity index (χ3n) is 2.23. The third-order valence-corrected chi connectivity index (χ3v) is 3.90. The van der Waals surface area contributed by atoms with Crippen LogP contribution in [0.2, 0.25) is 0 Å². The van der Waals surface area contributed by atoms with Crippen LogP contribution >= 0.6 is 22.6 Å². The highest BCUT2D eigenvalue weighted by Crippen LogP contribution is 2.39. The SMILES string of the molecule is O=S(=O)(O)N1C=CCc2ccc(I)c(O)c21. The van der Waals surface area contributed by atoms with Crippen LogP contribution in [0.5, 0.6) is 5.75 Å². The first-order chi connectivity index (χ1) is 7.41. The Bertz CT molecular complexity index is 567. The fourth-order valence-corrected chi connectivity index (χ4v) is 2.66.